The number of nitrogens with two attached hydrogens (primary N) is 1. The molecule has 0 radical (unpaired) electrons. The van der Waals surface area contributed by atoms with Gasteiger partial charge in [0.2, 0.25) is 0 Å². The number of aromatic nitrogens is 1. The van der Waals surface area contributed by atoms with Crippen LogP contribution in [0.5, 0.6) is 0 Å². The van der Waals surface area contributed by atoms with Gasteiger partial charge in [-0.05, 0) is 15.9 Å². The van der Waals surface area contributed by atoms with Crippen molar-refractivity contribution in [2.75, 3.05) is 12.0 Å². The molecular weight excluding hydrogens is 244 g/mol. The second kappa shape index (κ2) is 3.02. The molecule has 0 aliphatic carbocycles. The fourth-order valence-corrected chi connectivity index (χ4v) is 2.95. The molecule has 1 aromatic rings. The highest BCUT2D eigenvalue weighted by Crippen LogP contribution is 2.25. The summed E-state index contributed by atoms with van der Waals surface area (Å²) in [5.41, 5.74) is 5.60. The Hall–Kier alpha value is -0.620. The van der Waals surface area contributed by atoms with Crippen LogP contribution in [0.2, 0.25) is 0 Å². The van der Waals surface area contributed by atoms with E-state index in [0.717, 1.165) is 6.26 Å². The van der Waals surface area contributed by atoms with E-state index in [4.69, 9.17) is 5.73 Å². The van der Waals surface area contributed by atoms with Crippen LogP contribution >= 0.6 is 15.9 Å². The molecule has 0 unspecified atom stereocenters. The summed E-state index contributed by atoms with van der Waals surface area (Å²) in [6.45, 7) is 0. The van der Waals surface area contributed by atoms with Crippen molar-refractivity contribution in [1.29, 1.82) is 0 Å². The highest BCUT2D eigenvalue weighted by atomic mass is 79.9. The second-order valence-corrected chi connectivity index (χ2v) is 5.12. The Bertz CT molecular complexity index is 382. The summed E-state index contributed by atoms with van der Waals surface area (Å²) in [5, 5.41) is 0. The smallest absolute Gasteiger partial charge is 0.178 e. The van der Waals surface area contributed by atoms with E-state index in [2.05, 4.69) is 20.9 Å². The lowest BCUT2D eigenvalue weighted by Gasteiger charge is -2.03. The average Bonchev–Trinajstić information content (AvgIpc) is 1.82. The SMILES string of the molecule is CS(=O)(=O)c1c(N)cncc1Br. The van der Waals surface area contributed by atoms with Gasteiger partial charge in [0.25, 0.3) is 0 Å². The van der Waals surface area contributed by atoms with E-state index >= 15 is 0 Å². The average molecular weight is 251 g/mol. The molecule has 6 heteroatoms. The standard InChI is InChI=1S/C6H7BrN2O2S/c1-12(10,11)6-4(7)2-9-3-5(6)8/h2-3H,8H2,1H3. The Kier molecular flexibility index (Phi) is 2.39. The third kappa shape index (κ3) is 1.75. The summed E-state index contributed by atoms with van der Waals surface area (Å²) in [4.78, 5) is 3.82. The third-order valence-corrected chi connectivity index (χ3v) is 3.31. The van der Waals surface area contributed by atoms with Crippen LogP contribution in [0.3, 0.4) is 0 Å². The minimum atomic E-state index is -3.28. The van der Waals surface area contributed by atoms with Gasteiger partial charge in [0.05, 0.1) is 16.4 Å². The predicted molar refractivity (Wildman–Crippen MR) is 49.5 cm³/mol. The number of nitrogens with zero attached hydrogens (tertiary/aromatic N) is 1. The van der Waals surface area contributed by atoms with Crippen molar-refractivity contribution in [3.05, 3.63) is 16.9 Å². The van der Waals surface area contributed by atoms with Crippen molar-refractivity contribution in [2.24, 2.45) is 0 Å². The van der Waals surface area contributed by atoms with E-state index in [9.17, 15) is 8.42 Å². The van der Waals surface area contributed by atoms with Crippen LogP contribution < -0.4 is 5.73 Å². The molecule has 1 rings (SSSR count). The van der Waals surface area contributed by atoms with Crippen molar-refractivity contribution < 1.29 is 8.42 Å². The quantitative estimate of drug-likeness (QED) is 0.802. The molecule has 0 atom stereocenters. The largest absolute Gasteiger partial charge is 0.396 e. The first kappa shape index (κ1) is 9.47. The van der Waals surface area contributed by atoms with E-state index in [0.29, 0.717) is 4.47 Å². The lowest BCUT2D eigenvalue weighted by Crippen LogP contribution is -2.03. The highest BCUT2D eigenvalue weighted by Gasteiger charge is 2.15. The summed E-state index contributed by atoms with van der Waals surface area (Å²) in [6, 6.07) is 0. The van der Waals surface area contributed by atoms with Gasteiger partial charge in [0.1, 0.15) is 4.90 Å². The van der Waals surface area contributed by atoms with Crippen LogP contribution in [0.15, 0.2) is 21.8 Å². The summed E-state index contributed by atoms with van der Waals surface area (Å²) >= 11 is 3.06. The molecular formula is C6H7BrN2O2S. The molecule has 1 aromatic heterocycles. The Labute approximate surface area is 78.8 Å². The van der Waals surface area contributed by atoms with E-state index in [1.165, 1.54) is 12.4 Å². The lowest BCUT2D eigenvalue weighted by atomic mass is 10.4. The van der Waals surface area contributed by atoms with Gasteiger partial charge >= 0.3 is 0 Å². The third-order valence-electron chi connectivity index (χ3n) is 1.25. The molecule has 2 N–H and O–H groups in total. The Morgan fingerprint density at radius 1 is 1.50 bits per heavy atom. The molecule has 4 nitrogen and oxygen atoms in total. The van der Waals surface area contributed by atoms with Crippen molar-refractivity contribution in [2.45, 2.75) is 4.90 Å². The summed E-state index contributed by atoms with van der Waals surface area (Å²) < 4.78 is 22.7. The van der Waals surface area contributed by atoms with Crippen molar-refractivity contribution in [3.63, 3.8) is 0 Å². The monoisotopic (exact) mass is 250 g/mol. The summed E-state index contributed by atoms with van der Waals surface area (Å²) in [5.74, 6) is 0. The molecule has 12 heavy (non-hydrogen) atoms. The number of sulfone groups is 1. The number of anilines is 1. The minimum absolute atomic E-state index is 0.0949. The fourth-order valence-electron chi connectivity index (χ4n) is 0.829. The number of pyridine rings is 1. The molecule has 0 aliphatic rings. The van der Waals surface area contributed by atoms with E-state index in [1.54, 1.807) is 0 Å². The molecule has 0 aromatic carbocycles. The first-order chi connectivity index (χ1) is 5.43. The van der Waals surface area contributed by atoms with Gasteiger partial charge in [-0.2, -0.15) is 0 Å². The topological polar surface area (TPSA) is 73.0 Å². The highest BCUT2D eigenvalue weighted by molar-refractivity contribution is 9.10. The van der Waals surface area contributed by atoms with Crippen LogP contribution in [0.4, 0.5) is 5.69 Å². The number of hydrogen-bond acceptors (Lipinski definition) is 4. The molecule has 0 fully saturated rings. The van der Waals surface area contributed by atoms with Crippen molar-refractivity contribution in [3.8, 4) is 0 Å². The number of nitrogen functional groups attached to an aromatic ring is 1. The van der Waals surface area contributed by atoms with Crippen LogP contribution in [0, 0.1) is 0 Å². The maximum atomic E-state index is 11.1. The molecule has 0 spiro atoms. The first-order valence-corrected chi connectivity index (χ1v) is 5.70. The molecule has 66 valence electrons. The maximum Gasteiger partial charge on any atom is 0.178 e. The molecule has 1 heterocycles. The normalized spacial score (nSPS) is 11.5. The second-order valence-electron chi connectivity index (χ2n) is 2.31. The Morgan fingerprint density at radius 3 is 2.42 bits per heavy atom. The van der Waals surface area contributed by atoms with Crippen LogP contribution in [-0.4, -0.2) is 19.7 Å². The van der Waals surface area contributed by atoms with Gasteiger partial charge in [-0.3, -0.25) is 4.98 Å². The van der Waals surface area contributed by atoms with Crippen LogP contribution in [-0.2, 0) is 9.84 Å². The predicted octanol–water partition coefficient (Wildman–Crippen LogP) is 0.830. The minimum Gasteiger partial charge on any atom is -0.396 e. The zero-order valence-electron chi connectivity index (χ0n) is 6.28. The van der Waals surface area contributed by atoms with Gasteiger partial charge in [-0.15, -0.1) is 0 Å². The number of rotatable bonds is 1. The summed E-state index contributed by atoms with van der Waals surface area (Å²) in [7, 11) is -3.28. The Morgan fingerprint density at radius 2 is 2.08 bits per heavy atom. The zero-order chi connectivity index (χ0) is 9.35. The van der Waals surface area contributed by atoms with E-state index in [-0.39, 0.29) is 10.6 Å². The molecule has 0 saturated carbocycles. The van der Waals surface area contributed by atoms with E-state index < -0.39 is 9.84 Å². The van der Waals surface area contributed by atoms with Gasteiger partial charge in [-0.1, -0.05) is 0 Å². The fraction of sp³-hybridized carbons (Fsp3) is 0.167. The number of hydrogen-bond donors (Lipinski definition) is 1. The van der Waals surface area contributed by atoms with Crippen LogP contribution in [0.25, 0.3) is 0 Å². The van der Waals surface area contributed by atoms with Crippen molar-refractivity contribution in [1.82, 2.24) is 4.98 Å². The lowest BCUT2D eigenvalue weighted by molar-refractivity contribution is 0.601. The van der Waals surface area contributed by atoms with Gasteiger partial charge in [0.15, 0.2) is 9.84 Å². The van der Waals surface area contributed by atoms with Gasteiger partial charge in [-0.25, -0.2) is 8.42 Å². The maximum absolute atomic E-state index is 11.1. The van der Waals surface area contributed by atoms with Gasteiger partial charge < -0.3 is 5.73 Å². The molecule has 0 amide bonds. The Balaban J connectivity index is 3.53. The number of halogens is 1. The first-order valence-electron chi connectivity index (χ1n) is 3.02. The molecule has 0 saturated heterocycles. The van der Waals surface area contributed by atoms with Crippen LogP contribution in [0.1, 0.15) is 0 Å². The van der Waals surface area contributed by atoms with E-state index in [1.807, 2.05) is 0 Å². The summed E-state index contributed by atoms with van der Waals surface area (Å²) in [6.07, 6.45) is 3.80. The van der Waals surface area contributed by atoms with Crippen molar-refractivity contribution >= 4 is 31.5 Å². The zero-order valence-corrected chi connectivity index (χ0v) is 8.68. The van der Waals surface area contributed by atoms with Gasteiger partial charge in [0, 0.05) is 12.5 Å². The molecule has 0 bridgehead atoms. The molecule has 0 aliphatic heterocycles.